The lowest BCUT2D eigenvalue weighted by atomic mass is 9.82. The van der Waals surface area contributed by atoms with Gasteiger partial charge >= 0.3 is 11.9 Å². The Hall–Kier alpha value is -1.06. The van der Waals surface area contributed by atoms with E-state index < -0.39 is 17.4 Å². The van der Waals surface area contributed by atoms with Crippen LogP contribution in [0.1, 0.15) is 33.6 Å². The lowest BCUT2D eigenvalue weighted by Gasteiger charge is -2.19. The molecule has 0 N–H and O–H groups in total. The minimum absolute atomic E-state index is 0.188. The van der Waals surface area contributed by atoms with Crippen molar-refractivity contribution in [2.24, 2.45) is 5.41 Å². The van der Waals surface area contributed by atoms with Gasteiger partial charge in [0, 0.05) is 6.42 Å². The van der Waals surface area contributed by atoms with Crippen molar-refractivity contribution in [1.29, 1.82) is 0 Å². The first-order valence-electron chi connectivity index (χ1n) is 4.95. The highest BCUT2D eigenvalue weighted by molar-refractivity contribution is 6.01. The van der Waals surface area contributed by atoms with Crippen LogP contribution in [0.4, 0.5) is 0 Å². The molecule has 0 bridgehead atoms. The summed E-state index contributed by atoms with van der Waals surface area (Å²) in [6.45, 7) is 5.61. The van der Waals surface area contributed by atoms with Gasteiger partial charge in [-0.25, -0.2) is 0 Å². The largest absolute Gasteiger partial charge is 0.465 e. The average Bonchev–Trinajstić information content (AvgIpc) is 2.42. The van der Waals surface area contributed by atoms with Gasteiger partial charge in [-0.2, -0.15) is 0 Å². The summed E-state index contributed by atoms with van der Waals surface area (Å²) in [4.78, 5) is 23.2. The highest BCUT2D eigenvalue weighted by Gasteiger charge is 2.53. The maximum absolute atomic E-state index is 11.6. The smallest absolute Gasteiger partial charge is 0.323 e. The van der Waals surface area contributed by atoms with Crippen molar-refractivity contribution in [3.05, 3.63) is 0 Å². The quantitative estimate of drug-likeness (QED) is 0.508. The van der Waals surface area contributed by atoms with Crippen molar-refractivity contribution in [2.45, 2.75) is 39.7 Å². The first kappa shape index (κ1) is 11.0. The fourth-order valence-electron chi connectivity index (χ4n) is 1.78. The van der Waals surface area contributed by atoms with Crippen LogP contribution < -0.4 is 0 Å². The molecule has 0 saturated carbocycles. The Morgan fingerprint density at radius 1 is 1.64 bits per heavy atom. The molecule has 14 heavy (non-hydrogen) atoms. The summed E-state index contributed by atoms with van der Waals surface area (Å²) >= 11 is 0. The van der Waals surface area contributed by atoms with Gasteiger partial charge in [0.25, 0.3) is 0 Å². The Morgan fingerprint density at radius 3 is 2.64 bits per heavy atom. The van der Waals surface area contributed by atoms with Crippen LogP contribution in [-0.4, -0.2) is 24.6 Å². The van der Waals surface area contributed by atoms with Crippen molar-refractivity contribution in [3.8, 4) is 0 Å². The molecule has 0 amide bonds. The molecule has 0 aliphatic carbocycles. The van der Waals surface area contributed by atoms with E-state index in [9.17, 15) is 9.59 Å². The predicted octanol–water partition coefficient (Wildman–Crippen LogP) is 1.28. The zero-order chi connectivity index (χ0) is 10.8. The predicted molar refractivity (Wildman–Crippen MR) is 49.5 cm³/mol. The van der Waals surface area contributed by atoms with Gasteiger partial charge in [-0.3, -0.25) is 9.59 Å². The van der Waals surface area contributed by atoms with Crippen LogP contribution in [0, 0.1) is 5.41 Å². The lowest BCUT2D eigenvalue weighted by molar-refractivity contribution is -0.165. The van der Waals surface area contributed by atoms with E-state index in [1.165, 1.54) is 0 Å². The van der Waals surface area contributed by atoms with Gasteiger partial charge in [0.1, 0.15) is 6.10 Å². The molecule has 1 aliphatic rings. The van der Waals surface area contributed by atoms with E-state index in [2.05, 4.69) is 0 Å². The number of cyclic esters (lactones) is 1. The molecule has 1 fully saturated rings. The van der Waals surface area contributed by atoms with Crippen LogP contribution in [-0.2, 0) is 19.1 Å². The molecule has 4 nitrogen and oxygen atoms in total. The van der Waals surface area contributed by atoms with Gasteiger partial charge in [-0.05, 0) is 20.3 Å². The summed E-state index contributed by atoms with van der Waals surface area (Å²) in [6, 6.07) is 0. The summed E-state index contributed by atoms with van der Waals surface area (Å²) in [5, 5.41) is 0. The third-order valence-electron chi connectivity index (χ3n) is 2.60. The Labute approximate surface area is 83.6 Å². The van der Waals surface area contributed by atoms with E-state index >= 15 is 0 Å². The highest BCUT2D eigenvalue weighted by Crippen LogP contribution is 2.38. The molecule has 2 unspecified atom stereocenters. The van der Waals surface area contributed by atoms with Gasteiger partial charge in [-0.15, -0.1) is 0 Å². The van der Waals surface area contributed by atoms with Crippen LogP contribution in [0.5, 0.6) is 0 Å². The first-order valence-corrected chi connectivity index (χ1v) is 4.95. The molecular formula is C10H16O4. The molecule has 0 spiro atoms. The van der Waals surface area contributed by atoms with Gasteiger partial charge < -0.3 is 9.47 Å². The van der Waals surface area contributed by atoms with E-state index in [-0.39, 0.29) is 6.10 Å². The molecule has 1 aliphatic heterocycles. The standard InChI is InChI=1S/C10H16O4/c1-4-10(8(11)13-5-2)6-7(3)14-9(10)12/h7H,4-6H2,1-3H3. The first-order chi connectivity index (χ1) is 6.56. The van der Waals surface area contributed by atoms with Gasteiger partial charge in [-0.1, -0.05) is 6.92 Å². The van der Waals surface area contributed by atoms with Crippen molar-refractivity contribution < 1.29 is 19.1 Å². The normalized spacial score (nSPS) is 31.4. The maximum atomic E-state index is 11.6. The number of esters is 2. The van der Waals surface area contributed by atoms with Gasteiger partial charge in [0.05, 0.1) is 6.61 Å². The minimum atomic E-state index is -1.05. The topological polar surface area (TPSA) is 52.6 Å². The van der Waals surface area contributed by atoms with E-state index in [1.54, 1.807) is 20.8 Å². The molecular weight excluding hydrogens is 184 g/mol. The Kier molecular flexibility index (Phi) is 3.13. The number of hydrogen-bond donors (Lipinski definition) is 0. The fraction of sp³-hybridized carbons (Fsp3) is 0.800. The van der Waals surface area contributed by atoms with E-state index in [1.807, 2.05) is 0 Å². The van der Waals surface area contributed by atoms with Crippen LogP contribution in [0.3, 0.4) is 0 Å². The van der Waals surface area contributed by atoms with E-state index in [0.29, 0.717) is 19.4 Å². The van der Waals surface area contributed by atoms with Gasteiger partial charge in [0.2, 0.25) is 0 Å². The number of ether oxygens (including phenoxy) is 2. The average molecular weight is 200 g/mol. The summed E-state index contributed by atoms with van der Waals surface area (Å²) in [5.41, 5.74) is -1.05. The van der Waals surface area contributed by atoms with Crippen LogP contribution in [0.25, 0.3) is 0 Å². The molecule has 1 saturated heterocycles. The third-order valence-corrected chi connectivity index (χ3v) is 2.60. The van der Waals surface area contributed by atoms with E-state index in [0.717, 1.165) is 0 Å². The summed E-state index contributed by atoms with van der Waals surface area (Å²) < 4.78 is 9.89. The Morgan fingerprint density at radius 2 is 2.29 bits per heavy atom. The second kappa shape index (κ2) is 3.98. The summed E-state index contributed by atoms with van der Waals surface area (Å²) in [5.74, 6) is -0.886. The SMILES string of the molecule is CCOC(=O)C1(CC)CC(C)OC1=O. The maximum Gasteiger partial charge on any atom is 0.323 e. The molecule has 0 radical (unpaired) electrons. The Balaban J connectivity index is 2.86. The van der Waals surface area contributed by atoms with Gasteiger partial charge in [0.15, 0.2) is 5.41 Å². The molecule has 80 valence electrons. The van der Waals surface area contributed by atoms with Crippen molar-refractivity contribution in [1.82, 2.24) is 0 Å². The molecule has 2 atom stereocenters. The van der Waals surface area contributed by atoms with E-state index in [4.69, 9.17) is 9.47 Å². The lowest BCUT2D eigenvalue weighted by Crippen LogP contribution is -2.36. The summed E-state index contributed by atoms with van der Waals surface area (Å²) in [7, 11) is 0. The third kappa shape index (κ3) is 1.61. The number of carbonyl (C=O) groups is 2. The highest BCUT2D eigenvalue weighted by atomic mass is 16.6. The van der Waals surface area contributed by atoms with Crippen molar-refractivity contribution in [2.75, 3.05) is 6.61 Å². The van der Waals surface area contributed by atoms with Crippen LogP contribution >= 0.6 is 0 Å². The van der Waals surface area contributed by atoms with Crippen LogP contribution in [0.2, 0.25) is 0 Å². The molecule has 0 aromatic carbocycles. The van der Waals surface area contributed by atoms with Crippen molar-refractivity contribution in [3.63, 3.8) is 0 Å². The monoisotopic (exact) mass is 200 g/mol. The molecule has 1 heterocycles. The molecule has 0 aromatic heterocycles. The zero-order valence-corrected chi connectivity index (χ0v) is 8.83. The fourth-order valence-corrected chi connectivity index (χ4v) is 1.78. The number of carbonyl (C=O) groups excluding carboxylic acids is 2. The van der Waals surface area contributed by atoms with Crippen molar-refractivity contribution >= 4 is 11.9 Å². The molecule has 4 heteroatoms. The number of hydrogen-bond acceptors (Lipinski definition) is 4. The zero-order valence-electron chi connectivity index (χ0n) is 8.83. The molecule has 1 rings (SSSR count). The molecule has 0 aromatic rings. The Bertz CT molecular complexity index is 249. The summed E-state index contributed by atoms with van der Waals surface area (Å²) in [6.07, 6.45) is 0.683. The van der Waals surface area contributed by atoms with Crippen LogP contribution in [0.15, 0.2) is 0 Å². The second-order valence-electron chi connectivity index (χ2n) is 3.58. The number of rotatable bonds is 3. The second-order valence-corrected chi connectivity index (χ2v) is 3.58. The minimum Gasteiger partial charge on any atom is -0.465 e.